The van der Waals surface area contributed by atoms with Crippen molar-refractivity contribution in [3.8, 4) is 5.75 Å². The third kappa shape index (κ3) is 4.23. The molecule has 0 aliphatic heterocycles. The van der Waals surface area contributed by atoms with Crippen molar-refractivity contribution in [2.45, 2.75) is 26.0 Å². The summed E-state index contributed by atoms with van der Waals surface area (Å²) in [5, 5.41) is 4.10. The van der Waals surface area contributed by atoms with Crippen LogP contribution in [0.25, 0.3) is 0 Å². The van der Waals surface area contributed by atoms with Gasteiger partial charge in [-0.1, -0.05) is 55.8 Å². The summed E-state index contributed by atoms with van der Waals surface area (Å²) in [6.07, 6.45) is 0.0403. The number of ether oxygens (including phenoxy) is 1. The zero-order valence-electron chi connectivity index (χ0n) is 12.7. The molecular weight excluding hydrogens is 282 g/mol. The number of nitrogens with one attached hydrogen (secondary N) is 1. The molecule has 2 aromatic rings. The summed E-state index contributed by atoms with van der Waals surface area (Å²) in [5.74, 6) is 1.22. The second-order valence-corrected chi connectivity index (χ2v) is 5.89. The van der Waals surface area contributed by atoms with Crippen molar-refractivity contribution in [3.63, 3.8) is 0 Å². The van der Waals surface area contributed by atoms with E-state index in [-0.39, 0.29) is 12.1 Å². The number of hydrogen-bond donors (Lipinski definition) is 1. The van der Waals surface area contributed by atoms with Crippen molar-refractivity contribution in [1.82, 2.24) is 5.32 Å². The van der Waals surface area contributed by atoms with E-state index in [2.05, 4.69) is 43.4 Å². The molecule has 2 unspecified atom stereocenters. The van der Waals surface area contributed by atoms with Gasteiger partial charge in [0, 0.05) is 5.02 Å². The molecule has 0 aromatic heterocycles. The van der Waals surface area contributed by atoms with E-state index in [4.69, 9.17) is 16.3 Å². The Hall–Kier alpha value is -1.51. The second kappa shape index (κ2) is 7.48. The molecule has 1 N–H and O–H groups in total. The van der Waals surface area contributed by atoms with Crippen molar-refractivity contribution in [1.29, 1.82) is 0 Å². The fourth-order valence-corrected chi connectivity index (χ4v) is 2.57. The molecule has 0 saturated heterocycles. The minimum Gasteiger partial charge on any atom is -0.488 e. The summed E-state index contributed by atoms with van der Waals surface area (Å²) in [5.41, 5.74) is 1.23. The lowest BCUT2D eigenvalue weighted by Crippen LogP contribution is -2.37. The Bertz CT molecular complexity index is 539. The first kappa shape index (κ1) is 15.9. The minimum absolute atomic E-state index is 0.0403. The molecule has 3 heteroatoms. The summed E-state index contributed by atoms with van der Waals surface area (Å²) in [7, 11) is 1.97. The minimum atomic E-state index is 0.0403. The van der Waals surface area contributed by atoms with Gasteiger partial charge >= 0.3 is 0 Å². The highest BCUT2D eigenvalue weighted by atomic mass is 35.5. The smallest absolute Gasteiger partial charge is 0.120 e. The van der Waals surface area contributed by atoms with E-state index in [0.717, 1.165) is 10.8 Å². The van der Waals surface area contributed by atoms with E-state index in [0.29, 0.717) is 5.92 Å². The first-order valence-electron chi connectivity index (χ1n) is 7.26. The maximum Gasteiger partial charge on any atom is 0.120 e. The number of rotatable bonds is 6. The maximum absolute atomic E-state index is 6.22. The summed E-state index contributed by atoms with van der Waals surface area (Å²) >= 11 is 5.93. The predicted molar refractivity (Wildman–Crippen MR) is 88.9 cm³/mol. The van der Waals surface area contributed by atoms with Crippen LogP contribution in [0.4, 0.5) is 0 Å². The van der Waals surface area contributed by atoms with Gasteiger partial charge in [-0.2, -0.15) is 0 Å². The third-order valence-electron chi connectivity index (χ3n) is 3.54. The molecule has 112 valence electrons. The zero-order chi connectivity index (χ0) is 15.2. The van der Waals surface area contributed by atoms with E-state index >= 15 is 0 Å². The van der Waals surface area contributed by atoms with Gasteiger partial charge in [0.15, 0.2) is 0 Å². The van der Waals surface area contributed by atoms with Gasteiger partial charge in [-0.05, 0) is 42.8 Å². The van der Waals surface area contributed by atoms with E-state index in [1.165, 1.54) is 5.56 Å². The van der Waals surface area contributed by atoms with Gasteiger partial charge in [-0.15, -0.1) is 0 Å². The van der Waals surface area contributed by atoms with Crippen molar-refractivity contribution < 1.29 is 4.74 Å². The molecule has 0 heterocycles. The highest BCUT2D eigenvalue weighted by molar-refractivity contribution is 6.30. The van der Waals surface area contributed by atoms with Crippen LogP contribution in [0.2, 0.25) is 5.02 Å². The lowest BCUT2D eigenvalue weighted by atomic mass is 9.93. The molecule has 0 saturated carbocycles. The van der Waals surface area contributed by atoms with Gasteiger partial charge in [-0.3, -0.25) is 0 Å². The lowest BCUT2D eigenvalue weighted by molar-refractivity contribution is 0.111. The maximum atomic E-state index is 6.22. The topological polar surface area (TPSA) is 21.3 Å². The highest BCUT2D eigenvalue weighted by Crippen LogP contribution is 2.27. The van der Waals surface area contributed by atoms with Gasteiger partial charge in [0.1, 0.15) is 11.9 Å². The van der Waals surface area contributed by atoms with Crippen LogP contribution in [0.15, 0.2) is 54.6 Å². The Labute approximate surface area is 132 Å². The van der Waals surface area contributed by atoms with Crippen LogP contribution >= 0.6 is 11.6 Å². The number of benzene rings is 2. The Morgan fingerprint density at radius 3 is 2.10 bits per heavy atom. The standard InChI is InChI=1S/C18H22ClNO/c1-13(2)18(21-16-11-9-15(19)10-12-16)17(20-3)14-7-5-4-6-8-14/h4-13,17-18,20H,1-3H3. The summed E-state index contributed by atoms with van der Waals surface area (Å²) in [6.45, 7) is 4.35. The average Bonchev–Trinajstić information content (AvgIpc) is 2.50. The van der Waals surface area contributed by atoms with Crippen LogP contribution in [-0.2, 0) is 0 Å². The quantitative estimate of drug-likeness (QED) is 0.835. The van der Waals surface area contributed by atoms with Crippen LogP contribution in [0.3, 0.4) is 0 Å². The molecule has 2 atom stereocenters. The van der Waals surface area contributed by atoms with E-state index < -0.39 is 0 Å². The summed E-state index contributed by atoms with van der Waals surface area (Å²) in [6, 6.07) is 18.1. The highest BCUT2D eigenvalue weighted by Gasteiger charge is 2.26. The van der Waals surface area contributed by atoms with Crippen molar-refractivity contribution in [2.75, 3.05) is 7.05 Å². The summed E-state index contributed by atoms with van der Waals surface area (Å²) in [4.78, 5) is 0. The molecule has 0 radical (unpaired) electrons. The molecule has 0 fully saturated rings. The molecule has 2 nitrogen and oxygen atoms in total. The van der Waals surface area contributed by atoms with E-state index in [1.54, 1.807) is 0 Å². The average molecular weight is 304 g/mol. The van der Waals surface area contributed by atoms with E-state index in [9.17, 15) is 0 Å². The molecular formula is C18H22ClNO. The predicted octanol–water partition coefficient (Wildman–Crippen LogP) is 4.70. The third-order valence-corrected chi connectivity index (χ3v) is 3.79. The Kier molecular flexibility index (Phi) is 5.66. The first-order chi connectivity index (χ1) is 10.1. The van der Waals surface area contributed by atoms with Crippen LogP contribution in [0, 0.1) is 5.92 Å². The summed E-state index contributed by atoms with van der Waals surface area (Å²) < 4.78 is 6.22. The molecule has 0 amide bonds. The molecule has 0 aliphatic carbocycles. The monoisotopic (exact) mass is 303 g/mol. The lowest BCUT2D eigenvalue weighted by Gasteiger charge is -2.31. The molecule has 2 rings (SSSR count). The van der Waals surface area contributed by atoms with Gasteiger partial charge in [0.05, 0.1) is 6.04 Å². The Morgan fingerprint density at radius 1 is 0.952 bits per heavy atom. The van der Waals surface area contributed by atoms with Gasteiger partial charge < -0.3 is 10.1 Å². The molecule has 0 aliphatic rings. The fourth-order valence-electron chi connectivity index (χ4n) is 2.44. The van der Waals surface area contributed by atoms with Crippen molar-refractivity contribution in [2.24, 2.45) is 5.92 Å². The normalized spacial score (nSPS) is 14.0. The number of likely N-dealkylation sites (N-methyl/N-ethyl adjacent to an activating group) is 1. The van der Waals surface area contributed by atoms with Crippen molar-refractivity contribution >= 4 is 11.6 Å². The second-order valence-electron chi connectivity index (χ2n) is 5.46. The molecule has 0 bridgehead atoms. The number of halogens is 1. The molecule has 21 heavy (non-hydrogen) atoms. The first-order valence-corrected chi connectivity index (χ1v) is 7.64. The Morgan fingerprint density at radius 2 is 1.57 bits per heavy atom. The largest absolute Gasteiger partial charge is 0.488 e. The van der Waals surface area contributed by atoms with Crippen LogP contribution in [-0.4, -0.2) is 13.2 Å². The van der Waals surface area contributed by atoms with Crippen LogP contribution < -0.4 is 10.1 Å². The zero-order valence-corrected chi connectivity index (χ0v) is 13.5. The van der Waals surface area contributed by atoms with E-state index in [1.807, 2.05) is 37.4 Å². The molecule has 0 spiro atoms. The van der Waals surface area contributed by atoms with Gasteiger partial charge in [0.2, 0.25) is 0 Å². The Balaban J connectivity index is 2.22. The van der Waals surface area contributed by atoms with Gasteiger partial charge in [0.25, 0.3) is 0 Å². The van der Waals surface area contributed by atoms with Crippen molar-refractivity contribution in [3.05, 3.63) is 65.2 Å². The SMILES string of the molecule is CNC(c1ccccc1)C(Oc1ccc(Cl)cc1)C(C)C. The van der Waals surface area contributed by atoms with Crippen LogP contribution in [0.5, 0.6) is 5.75 Å². The number of hydrogen-bond acceptors (Lipinski definition) is 2. The molecule has 2 aromatic carbocycles. The fraction of sp³-hybridized carbons (Fsp3) is 0.333. The van der Waals surface area contributed by atoms with Gasteiger partial charge in [-0.25, -0.2) is 0 Å². The van der Waals surface area contributed by atoms with Crippen LogP contribution in [0.1, 0.15) is 25.5 Å².